The molecule has 46 heavy (non-hydrogen) atoms. The van der Waals surface area contributed by atoms with Crippen LogP contribution in [0.3, 0.4) is 0 Å². The van der Waals surface area contributed by atoms with Crippen LogP contribution in [-0.4, -0.2) is 77.7 Å². The van der Waals surface area contributed by atoms with Crippen LogP contribution in [0.25, 0.3) is 11.1 Å². The topological polar surface area (TPSA) is 142 Å². The Morgan fingerprint density at radius 1 is 0.565 bits per heavy atom. The summed E-state index contributed by atoms with van der Waals surface area (Å²) in [5, 5.41) is 0. The average molecular weight is 639 g/mol. The fourth-order valence-electron chi connectivity index (χ4n) is 3.46. The van der Waals surface area contributed by atoms with Crippen molar-refractivity contribution in [1.29, 1.82) is 0 Å². The van der Waals surface area contributed by atoms with E-state index < -0.39 is 23.9 Å². The lowest BCUT2D eigenvalue weighted by Crippen LogP contribution is -2.15. The maximum absolute atomic E-state index is 12.4. The van der Waals surface area contributed by atoms with Gasteiger partial charge in [0.15, 0.2) is 0 Å². The van der Waals surface area contributed by atoms with Gasteiger partial charge < -0.3 is 37.9 Å². The van der Waals surface area contributed by atoms with Gasteiger partial charge in [0.25, 0.3) is 0 Å². The number of hydrogen-bond donors (Lipinski definition) is 0. The van der Waals surface area contributed by atoms with Gasteiger partial charge in [0.05, 0.1) is 24.4 Å². The first-order valence-corrected chi connectivity index (χ1v) is 13.8. The Bertz CT molecular complexity index is 1380. The number of esters is 4. The second-order valence-electron chi connectivity index (χ2n) is 9.70. The Hall–Kier alpha value is -5.20. The number of rotatable bonds is 19. The van der Waals surface area contributed by atoms with Crippen LogP contribution in [0.15, 0.2) is 85.0 Å². The van der Waals surface area contributed by atoms with Crippen molar-refractivity contribution in [2.24, 2.45) is 0 Å². The van der Waals surface area contributed by atoms with E-state index in [1.165, 1.54) is 52.3 Å². The van der Waals surface area contributed by atoms with Crippen LogP contribution in [0.1, 0.15) is 13.8 Å². The van der Waals surface area contributed by atoms with Crippen molar-refractivity contribution in [1.82, 2.24) is 0 Å². The highest BCUT2D eigenvalue weighted by Gasteiger charge is 2.19. The molecule has 2 aromatic carbocycles. The Morgan fingerprint density at radius 3 is 1.26 bits per heavy atom. The molecule has 0 aromatic heterocycles. The van der Waals surface area contributed by atoms with E-state index in [2.05, 4.69) is 26.3 Å². The molecule has 0 bridgehead atoms. The SMILES string of the molecule is C=C(C)C(=O)OCCOc1cc(OC(=O)C(=C)COC)ccc1-c1ccc(OC(=O)C(=C)COC)cc1OCCOC(=O)C(=C)C. The lowest BCUT2D eigenvalue weighted by Gasteiger charge is -2.18. The van der Waals surface area contributed by atoms with Gasteiger partial charge in [0.2, 0.25) is 0 Å². The van der Waals surface area contributed by atoms with E-state index in [0.29, 0.717) is 11.1 Å². The lowest BCUT2D eigenvalue weighted by molar-refractivity contribution is -0.140. The van der Waals surface area contributed by atoms with Crippen LogP contribution in [0, 0.1) is 0 Å². The van der Waals surface area contributed by atoms with Gasteiger partial charge in [-0.2, -0.15) is 0 Å². The summed E-state index contributed by atoms with van der Waals surface area (Å²) in [4.78, 5) is 48.5. The molecule has 0 aliphatic carbocycles. The number of carbonyl (C=O) groups excluding carboxylic acids is 4. The first kappa shape index (κ1) is 37.0. The molecule has 246 valence electrons. The molecule has 0 aliphatic rings. The third kappa shape index (κ3) is 11.7. The van der Waals surface area contributed by atoms with E-state index in [1.54, 1.807) is 12.1 Å². The van der Waals surface area contributed by atoms with Crippen molar-refractivity contribution >= 4 is 23.9 Å². The van der Waals surface area contributed by atoms with Gasteiger partial charge in [-0.3, -0.25) is 0 Å². The van der Waals surface area contributed by atoms with Gasteiger partial charge in [-0.15, -0.1) is 0 Å². The summed E-state index contributed by atoms with van der Waals surface area (Å²) in [6.45, 7) is 17.1. The van der Waals surface area contributed by atoms with Crippen molar-refractivity contribution < 1.29 is 57.1 Å². The van der Waals surface area contributed by atoms with Gasteiger partial charge in [-0.25, -0.2) is 19.2 Å². The summed E-state index contributed by atoms with van der Waals surface area (Å²) in [6, 6.07) is 9.23. The van der Waals surface area contributed by atoms with Gasteiger partial charge >= 0.3 is 23.9 Å². The lowest BCUT2D eigenvalue weighted by atomic mass is 10.0. The monoisotopic (exact) mass is 638 g/mol. The second kappa shape index (κ2) is 18.6. The van der Waals surface area contributed by atoms with Crippen LogP contribution in [-0.2, 0) is 38.1 Å². The summed E-state index contributed by atoms with van der Waals surface area (Å²) < 4.78 is 42.9. The molecule has 0 saturated carbocycles. The van der Waals surface area contributed by atoms with Crippen molar-refractivity contribution in [3.63, 3.8) is 0 Å². The maximum Gasteiger partial charge on any atom is 0.341 e. The number of methoxy groups -OCH3 is 2. The molecule has 2 aromatic rings. The maximum atomic E-state index is 12.4. The minimum Gasteiger partial charge on any atom is -0.489 e. The van der Waals surface area contributed by atoms with Crippen LogP contribution < -0.4 is 18.9 Å². The number of ether oxygens (including phenoxy) is 8. The second-order valence-corrected chi connectivity index (χ2v) is 9.70. The van der Waals surface area contributed by atoms with Crippen molar-refractivity contribution in [2.75, 3.05) is 53.9 Å². The number of benzene rings is 2. The third-order valence-electron chi connectivity index (χ3n) is 5.68. The van der Waals surface area contributed by atoms with Crippen LogP contribution in [0.5, 0.6) is 23.0 Å². The Labute approximate surface area is 267 Å². The summed E-state index contributed by atoms with van der Waals surface area (Å²) in [5.74, 6) is -1.84. The summed E-state index contributed by atoms with van der Waals surface area (Å²) >= 11 is 0. The normalized spacial score (nSPS) is 10.3. The van der Waals surface area contributed by atoms with Gasteiger partial charge in [0.1, 0.15) is 49.4 Å². The third-order valence-corrected chi connectivity index (χ3v) is 5.68. The van der Waals surface area contributed by atoms with Crippen LogP contribution >= 0.6 is 0 Å². The number of carbonyl (C=O) groups is 4. The Balaban J connectivity index is 2.48. The van der Waals surface area contributed by atoms with E-state index in [-0.39, 0.29) is 84.9 Å². The molecule has 0 radical (unpaired) electrons. The number of hydrogen-bond acceptors (Lipinski definition) is 12. The predicted octanol–water partition coefficient (Wildman–Crippen LogP) is 4.57. The molecule has 0 N–H and O–H groups in total. The minimum atomic E-state index is -0.703. The molecule has 0 saturated heterocycles. The molecule has 0 heterocycles. The molecule has 0 amide bonds. The molecule has 12 nitrogen and oxygen atoms in total. The van der Waals surface area contributed by atoms with Gasteiger partial charge in [-0.05, 0) is 38.1 Å². The van der Waals surface area contributed by atoms with Gasteiger partial charge in [0, 0.05) is 48.6 Å². The summed E-state index contributed by atoms with van der Waals surface area (Å²) in [6.07, 6.45) is 0. The smallest absolute Gasteiger partial charge is 0.341 e. The Kier molecular flexibility index (Phi) is 14.9. The standard InChI is InChI=1S/C34H38O12/c1-21(2)31(35)43-15-13-41-29-17-25(45-33(37)23(5)19-39-7)9-11-27(29)28-12-10-26(46-34(38)24(6)20-40-8)18-30(28)42-14-16-44-32(36)22(3)4/h9-12,17-18H,1,3,5-6,13-16,19-20H2,2,4,7-8H3. The quantitative estimate of drug-likeness (QED) is 0.0921. The van der Waals surface area contributed by atoms with Gasteiger partial charge in [-0.1, -0.05) is 26.3 Å². The fraction of sp³-hybridized carbons (Fsp3) is 0.294. The highest BCUT2D eigenvalue weighted by atomic mass is 16.6. The Morgan fingerprint density at radius 2 is 0.935 bits per heavy atom. The van der Waals surface area contributed by atoms with E-state index in [0.717, 1.165) is 0 Å². The molecule has 12 heteroatoms. The summed E-state index contributed by atoms with van der Waals surface area (Å²) in [5.41, 5.74) is 1.60. The van der Waals surface area contributed by atoms with E-state index in [4.69, 9.17) is 37.9 Å². The fourth-order valence-corrected chi connectivity index (χ4v) is 3.46. The van der Waals surface area contributed by atoms with E-state index in [9.17, 15) is 19.2 Å². The minimum absolute atomic E-state index is 0.0214. The molecule has 0 fully saturated rings. The van der Waals surface area contributed by atoms with Crippen molar-refractivity contribution in [2.45, 2.75) is 13.8 Å². The molecular formula is C34H38O12. The molecule has 0 aliphatic heterocycles. The predicted molar refractivity (Wildman–Crippen MR) is 168 cm³/mol. The highest BCUT2D eigenvalue weighted by molar-refractivity contribution is 5.91. The zero-order valence-electron chi connectivity index (χ0n) is 26.4. The molecular weight excluding hydrogens is 600 g/mol. The molecule has 2 rings (SSSR count). The van der Waals surface area contributed by atoms with Crippen molar-refractivity contribution in [3.05, 3.63) is 85.0 Å². The first-order chi connectivity index (χ1) is 21.9. The van der Waals surface area contributed by atoms with Crippen LogP contribution in [0.4, 0.5) is 0 Å². The summed E-state index contributed by atoms with van der Waals surface area (Å²) in [7, 11) is 2.85. The molecule has 0 spiro atoms. The first-order valence-electron chi connectivity index (χ1n) is 13.8. The van der Waals surface area contributed by atoms with E-state index in [1.807, 2.05) is 0 Å². The highest BCUT2D eigenvalue weighted by Crippen LogP contribution is 2.40. The molecule has 0 unspecified atom stereocenters. The van der Waals surface area contributed by atoms with Crippen molar-refractivity contribution in [3.8, 4) is 34.1 Å². The largest absolute Gasteiger partial charge is 0.489 e. The zero-order chi connectivity index (χ0) is 34.2. The average Bonchev–Trinajstić information content (AvgIpc) is 3.01. The zero-order valence-corrected chi connectivity index (χ0v) is 26.4. The van der Waals surface area contributed by atoms with E-state index >= 15 is 0 Å². The van der Waals surface area contributed by atoms with Crippen LogP contribution in [0.2, 0.25) is 0 Å². The molecule has 0 atom stereocenters.